The van der Waals surface area contributed by atoms with Gasteiger partial charge in [0.25, 0.3) is 0 Å². The first kappa shape index (κ1) is 14.9. The van der Waals surface area contributed by atoms with Crippen LogP contribution < -0.4 is 14.8 Å². The fraction of sp³-hybridized carbons (Fsp3) is 0.235. The predicted molar refractivity (Wildman–Crippen MR) is 93.2 cm³/mol. The molecule has 1 aliphatic rings. The average molecular weight is 340 g/mol. The second-order valence-electron chi connectivity index (χ2n) is 5.38. The first-order chi connectivity index (χ1) is 11.8. The normalized spacial score (nSPS) is 13.4. The molecule has 1 aromatic carbocycles. The number of nitrogens with zero attached hydrogens (tertiary/aromatic N) is 3. The molecule has 0 unspecified atom stereocenters. The van der Waals surface area contributed by atoms with Gasteiger partial charge >= 0.3 is 0 Å². The van der Waals surface area contributed by atoms with Crippen LogP contribution in [0.5, 0.6) is 11.5 Å². The fourth-order valence-corrected chi connectivity index (χ4v) is 3.12. The highest BCUT2D eigenvalue weighted by Gasteiger charge is 2.12. The number of thiazole rings is 1. The van der Waals surface area contributed by atoms with Crippen molar-refractivity contribution in [2.24, 2.45) is 0 Å². The Morgan fingerprint density at radius 3 is 2.79 bits per heavy atom. The molecular weight excluding hydrogens is 324 g/mol. The zero-order valence-electron chi connectivity index (χ0n) is 13.2. The maximum atomic E-state index is 5.71. The van der Waals surface area contributed by atoms with Crippen LogP contribution in [0.15, 0.2) is 36.7 Å². The van der Waals surface area contributed by atoms with Gasteiger partial charge in [0.05, 0.1) is 13.2 Å². The van der Waals surface area contributed by atoms with Gasteiger partial charge in [-0.3, -0.25) is 0 Å². The summed E-state index contributed by atoms with van der Waals surface area (Å²) in [5.74, 6) is 2.03. The predicted octanol–water partition coefficient (Wildman–Crippen LogP) is 3.81. The summed E-state index contributed by atoms with van der Waals surface area (Å²) >= 11 is 1.61. The summed E-state index contributed by atoms with van der Waals surface area (Å²) in [6.45, 7) is 3.36. The summed E-state index contributed by atoms with van der Waals surface area (Å²) in [5, 5.41) is 4.10. The highest BCUT2D eigenvalue weighted by Crippen LogP contribution is 2.33. The zero-order valence-corrected chi connectivity index (χ0v) is 14.0. The SMILES string of the molecule is Cc1cnc(-c2ccnc(Nc3ccc4c(c3)OCCCO4)n2)s1. The van der Waals surface area contributed by atoms with Gasteiger partial charge in [0, 0.05) is 35.4 Å². The minimum absolute atomic E-state index is 0.523. The quantitative estimate of drug-likeness (QED) is 0.782. The van der Waals surface area contributed by atoms with E-state index in [0.717, 1.165) is 39.2 Å². The van der Waals surface area contributed by atoms with Crippen LogP contribution in [0.1, 0.15) is 11.3 Å². The maximum Gasteiger partial charge on any atom is 0.227 e. The van der Waals surface area contributed by atoms with E-state index in [-0.39, 0.29) is 0 Å². The molecule has 0 fully saturated rings. The van der Waals surface area contributed by atoms with Gasteiger partial charge in [-0.25, -0.2) is 15.0 Å². The number of rotatable bonds is 3. The van der Waals surface area contributed by atoms with E-state index in [2.05, 4.69) is 20.3 Å². The van der Waals surface area contributed by atoms with Crippen molar-refractivity contribution in [1.29, 1.82) is 0 Å². The third kappa shape index (κ3) is 3.16. The van der Waals surface area contributed by atoms with Crippen LogP contribution in [-0.2, 0) is 0 Å². The van der Waals surface area contributed by atoms with Gasteiger partial charge in [0.2, 0.25) is 5.95 Å². The molecule has 0 atom stereocenters. The summed E-state index contributed by atoms with van der Waals surface area (Å²) in [6, 6.07) is 7.59. The van der Waals surface area contributed by atoms with E-state index >= 15 is 0 Å². The zero-order chi connectivity index (χ0) is 16.4. The molecule has 1 aliphatic heterocycles. The number of hydrogen-bond acceptors (Lipinski definition) is 7. The Morgan fingerprint density at radius 1 is 1.08 bits per heavy atom. The monoisotopic (exact) mass is 340 g/mol. The molecule has 1 N–H and O–H groups in total. The molecule has 3 aromatic rings. The third-order valence-electron chi connectivity index (χ3n) is 3.50. The number of ether oxygens (including phenoxy) is 2. The Balaban J connectivity index is 1.58. The molecule has 7 heteroatoms. The van der Waals surface area contributed by atoms with Gasteiger partial charge in [-0.15, -0.1) is 11.3 Å². The van der Waals surface area contributed by atoms with Crippen molar-refractivity contribution in [3.05, 3.63) is 41.5 Å². The number of fused-ring (bicyclic) bond motifs is 1. The molecule has 0 amide bonds. The van der Waals surface area contributed by atoms with E-state index in [1.807, 2.05) is 37.4 Å². The third-order valence-corrected chi connectivity index (χ3v) is 4.43. The van der Waals surface area contributed by atoms with Gasteiger partial charge in [-0.05, 0) is 25.1 Å². The number of benzene rings is 1. The van der Waals surface area contributed by atoms with E-state index in [9.17, 15) is 0 Å². The van der Waals surface area contributed by atoms with Crippen molar-refractivity contribution in [2.75, 3.05) is 18.5 Å². The lowest BCUT2D eigenvalue weighted by Gasteiger charge is -2.10. The van der Waals surface area contributed by atoms with Crippen LogP contribution in [0, 0.1) is 6.92 Å². The molecule has 122 valence electrons. The van der Waals surface area contributed by atoms with Gasteiger partial charge < -0.3 is 14.8 Å². The molecular formula is C17H16N4O2S. The van der Waals surface area contributed by atoms with Crippen LogP contribution in [-0.4, -0.2) is 28.2 Å². The molecule has 0 bridgehead atoms. The summed E-state index contributed by atoms with van der Waals surface area (Å²) in [6.07, 6.45) is 4.46. The van der Waals surface area contributed by atoms with Gasteiger partial charge in [0.1, 0.15) is 10.7 Å². The minimum Gasteiger partial charge on any atom is -0.490 e. The molecule has 4 rings (SSSR count). The van der Waals surface area contributed by atoms with Gasteiger partial charge in [-0.2, -0.15) is 0 Å². The number of nitrogens with one attached hydrogen (secondary N) is 1. The molecule has 0 saturated carbocycles. The van der Waals surface area contributed by atoms with Crippen LogP contribution in [0.4, 0.5) is 11.6 Å². The van der Waals surface area contributed by atoms with Crippen LogP contribution in [0.25, 0.3) is 10.7 Å². The first-order valence-corrected chi connectivity index (χ1v) is 8.52. The molecule has 0 spiro atoms. The Hall–Kier alpha value is -2.67. The van der Waals surface area contributed by atoms with Crippen LogP contribution in [0.3, 0.4) is 0 Å². The van der Waals surface area contributed by atoms with E-state index in [1.54, 1.807) is 17.5 Å². The molecule has 24 heavy (non-hydrogen) atoms. The second kappa shape index (κ2) is 6.45. The molecule has 0 radical (unpaired) electrons. The topological polar surface area (TPSA) is 69.2 Å². The van der Waals surface area contributed by atoms with Gasteiger partial charge in [0.15, 0.2) is 11.5 Å². The van der Waals surface area contributed by atoms with Crippen molar-refractivity contribution in [1.82, 2.24) is 15.0 Å². The second-order valence-corrected chi connectivity index (χ2v) is 6.61. The Bertz CT molecular complexity index is 865. The number of hydrogen-bond donors (Lipinski definition) is 1. The Morgan fingerprint density at radius 2 is 1.96 bits per heavy atom. The molecule has 0 aliphatic carbocycles. The fourth-order valence-electron chi connectivity index (χ4n) is 2.38. The van der Waals surface area contributed by atoms with Crippen molar-refractivity contribution in [3.8, 4) is 22.2 Å². The van der Waals surface area contributed by atoms with E-state index in [0.29, 0.717) is 19.2 Å². The maximum absolute atomic E-state index is 5.71. The van der Waals surface area contributed by atoms with Crippen molar-refractivity contribution >= 4 is 23.0 Å². The minimum atomic E-state index is 0.523. The molecule has 3 heterocycles. The standard InChI is InChI=1S/C17H16N4O2S/c1-11-10-19-16(24-11)13-5-6-18-17(21-13)20-12-3-4-14-15(9-12)23-8-2-7-22-14/h3-6,9-10H,2,7-8H2,1H3,(H,18,20,21). The van der Waals surface area contributed by atoms with Crippen LogP contribution in [0.2, 0.25) is 0 Å². The lowest BCUT2D eigenvalue weighted by atomic mass is 10.3. The first-order valence-electron chi connectivity index (χ1n) is 7.70. The van der Waals surface area contributed by atoms with Gasteiger partial charge in [-0.1, -0.05) is 0 Å². The highest BCUT2D eigenvalue weighted by atomic mass is 32.1. The van der Waals surface area contributed by atoms with E-state index < -0.39 is 0 Å². The number of aromatic nitrogens is 3. The van der Waals surface area contributed by atoms with Crippen molar-refractivity contribution in [2.45, 2.75) is 13.3 Å². The number of anilines is 2. The summed E-state index contributed by atoms with van der Waals surface area (Å²) in [7, 11) is 0. The summed E-state index contributed by atoms with van der Waals surface area (Å²) < 4.78 is 11.4. The summed E-state index contributed by atoms with van der Waals surface area (Å²) in [5.41, 5.74) is 1.66. The molecule has 0 saturated heterocycles. The van der Waals surface area contributed by atoms with Crippen molar-refractivity contribution < 1.29 is 9.47 Å². The lowest BCUT2D eigenvalue weighted by molar-refractivity contribution is 0.297. The van der Waals surface area contributed by atoms with Crippen molar-refractivity contribution in [3.63, 3.8) is 0 Å². The highest BCUT2D eigenvalue weighted by molar-refractivity contribution is 7.14. The lowest BCUT2D eigenvalue weighted by Crippen LogP contribution is -1.99. The smallest absolute Gasteiger partial charge is 0.227 e. The Kier molecular flexibility index (Phi) is 4.00. The average Bonchev–Trinajstić information content (AvgIpc) is 2.89. The Labute approximate surface area is 143 Å². The number of aryl methyl sites for hydroxylation is 1. The molecule has 6 nitrogen and oxygen atoms in total. The largest absolute Gasteiger partial charge is 0.490 e. The molecule has 2 aromatic heterocycles. The van der Waals surface area contributed by atoms with Crippen LogP contribution >= 0.6 is 11.3 Å². The summed E-state index contributed by atoms with van der Waals surface area (Å²) in [4.78, 5) is 14.3. The van der Waals surface area contributed by atoms with E-state index in [1.165, 1.54) is 0 Å². The van der Waals surface area contributed by atoms with E-state index in [4.69, 9.17) is 9.47 Å².